The minimum Gasteiger partial charge on any atom is -0.489 e. The molecule has 2 heterocycles. The molecule has 2 aliphatic heterocycles. The van der Waals surface area contributed by atoms with Gasteiger partial charge in [0.15, 0.2) is 0 Å². The third-order valence-corrected chi connectivity index (χ3v) is 5.53. The number of ether oxygens (including phenoxy) is 5. The van der Waals surface area contributed by atoms with Crippen molar-refractivity contribution >= 4 is 11.9 Å². The highest BCUT2D eigenvalue weighted by Crippen LogP contribution is 2.55. The maximum Gasteiger partial charge on any atom is 0.313 e. The van der Waals surface area contributed by atoms with Gasteiger partial charge in [0.2, 0.25) is 5.60 Å². The van der Waals surface area contributed by atoms with E-state index in [1.165, 1.54) is 6.92 Å². The van der Waals surface area contributed by atoms with E-state index in [2.05, 4.69) is 0 Å². The summed E-state index contributed by atoms with van der Waals surface area (Å²) in [4.78, 5) is 24.1. The smallest absolute Gasteiger partial charge is 0.313 e. The topological polar surface area (TPSA) is 80.3 Å². The highest BCUT2D eigenvalue weighted by atomic mass is 16.7. The van der Waals surface area contributed by atoms with Gasteiger partial charge in [-0.1, -0.05) is 60.7 Å². The first kappa shape index (κ1) is 20.9. The molecule has 2 aliphatic rings. The van der Waals surface area contributed by atoms with Crippen LogP contribution in [0.2, 0.25) is 0 Å². The van der Waals surface area contributed by atoms with Crippen LogP contribution in [-0.4, -0.2) is 18.2 Å². The van der Waals surface area contributed by atoms with E-state index in [1.54, 1.807) is 12.1 Å². The van der Waals surface area contributed by atoms with Gasteiger partial charge < -0.3 is 23.7 Å². The van der Waals surface area contributed by atoms with Gasteiger partial charge in [-0.25, -0.2) is 0 Å². The number of carbonyl (C=O) groups is 2. The van der Waals surface area contributed by atoms with Crippen molar-refractivity contribution < 1.29 is 33.3 Å². The Labute approximate surface area is 190 Å². The molecule has 7 nitrogen and oxygen atoms in total. The Hall–Kier alpha value is -4.00. The molecule has 0 aromatic heterocycles. The molecule has 2 unspecified atom stereocenters. The summed E-state index contributed by atoms with van der Waals surface area (Å²) in [5.41, 5.74) is 1.03. The Bertz CT molecular complexity index is 1180. The van der Waals surface area contributed by atoms with E-state index in [0.29, 0.717) is 29.4 Å². The minimum absolute atomic E-state index is 0.157. The molecule has 0 N–H and O–H groups in total. The van der Waals surface area contributed by atoms with E-state index in [0.717, 1.165) is 11.1 Å². The summed E-state index contributed by atoms with van der Waals surface area (Å²) < 4.78 is 29.0. The van der Waals surface area contributed by atoms with Gasteiger partial charge in [0.25, 0.3) is 6.29 Å². The quantitative estimate of drug-likeness (QED) is 0.502. The average Bonchev–Trinajstić information content (AvgIpc) is 3.26. The summed E-state index contributed by atoms with van der Waals surface area (Å²) in [7, 11) is 0. The number of hydrogen-bond acceptors (Lipinski definition) is 7. The molecule has 2 atom stereocenters. The van der Waals surface area contributed by atoms with Crippen molar-refractivity contribution in [1.82, 2.24) is 0 Å². The third-order valence-electron chi connectivity index (χ3n) is 5.53. The number of fused-ring (bicyclic) bond motifs is 3. The van der Waals surface area contributed by atoms with Gasteiger partial charge >= 0.3 is 11.9 Å². The maximum atomic E-state index is 12.1. The van der Waals surface area contributed by atoms with Crippen molar-refractivity contribution in [3.05, 3.63) is 89.5 Å². The number of rotatable bonds is 7. The van der Waals surface area contributed by atoms with Crippen molar-refractivity contribution in [1.29, 1.82) is 0 Å². The lowest BCUT2D eigenvalue weighted by Crippen LogP contribution is -2.38. The predicted molar refractivity (Wildman–Crippen MR) is 117 cm³/mol. The van der Waals surface area contributed by atoms with Crippen molar-refractivity contribution in [3.63, 3.8) is 0 Å². The highest BCUT2D eigenvalue weighted by Gasteiger charge is 2.62. The zero-order valence-corrected chi connectivity index (χ0v) is 18.0. The summed E-state index contributed by atoms with van der Waals surface area (Å²) in [5.74, 6) is 0.257. The van der Waals surface area contributed by atoms with Crippen LogP contribution in [0.25, 0.3) is 0 Å². The second-order valence-electron chi connectivity index (χ2n) is 7.94. The fourth-order valence-corrected chi connectivity index (χ4v) is 4.14. The van der Waals surface area contributed by atoms with Crippen LogP contribution in [0.1, 0.15) is 30.0 Å². The van der Waals surface area contributed by atoms with Crippen LogP contribution in [-0.2, 0) is 37.9 Å². The van der Waals surface area contributed by atoms with Gasteiger partial charge in [0, 0.05) is 19.1 Å². The molecular formula is C26H22O7. The molecule has 3 aromatic carbocycles. The van der Waals surface area contributed by atoms with Gasteiger partial charge in [-0.3, -0.25) is 9.59 Å². The Kier molecular flexibility index (Phi) is 5.38. The number of benzene rings is 3. The van der Waals surface area contributed by atoms with Crippen LogP contribution in [0.3, 0.4) is 0 Å². The Morgan fingerprint density at radius 2 is 1.58 bits per heavy atom. The molecule has 0 radical (unpaired) electrons. The molecule has 0 spiro atoms. The zero-order chi connectivity index (χ0) is 22.8. The molecule has 168 valence electrons. The van der Waals surface area contributed by atoms with Gasteiger partial charge in [-0.15, -0.1) is 0 Å². The fourth-order valence-electron chi connectivity index (χ4n) is 4.14. The normalized spacial score (nSPS) is 20.3. The van der Waals surface area contributed by atoms with Gasteiger partial charge in [0.05, 0.1) is 12.0 Å². The first-order valence-corrected chi connectivity index (χ1v) is 10.6. The summed E-state index contributed by atoms with van der Waals surface area (Å²) in [6.45, 7) is 1.91. The average molecular weight is 446 g/mol. The number of carbonyl (C=O) groups excluding carboxylic acids is 2. The summed E-state index contributed by atoms with van der Waals surface area (Å²) in [6, 6.07) is 22.8. The van der Waals surface area contributed by atoms with Crippen molar-refractivity contribution in [3.8, 4) is 17.2 Å². The van der Waals surface area contributed by atoms with Crippen molar-refractivity contribution in [2.75, 3.05) is 0 Å². The lowest BCUT2D eigenvalue weighted by atomic mass is 9.91. The van der Waals surface area contributed by atoms with Gasteiger partial charge in [-0.2, -0.15) is 0 Å². The monoisotopic (exact) mass is 446 g/mol. The molecule has 0 bridgehead atoms. The Morgan fingerprint density at radius 3 is 2.21 bits per heavy atom. The van der Waals surface area contributed by atoms with E-state index in [-0.39, 0.29) is 13.0 Å². The zero-order valence-electron chi connectivity index (χ0n) is 18.0. The standard InChI is InChI=1S/C26H22O7/c1-17(27)33-26-14-23(28)32-25(26)31-22-13-20(29-15-18-8-4-2-5-9-18)12-21(24(22)26)30-16-19-10-6-3-7-11-19/h2-13,25H,14-16H2,1H3. The molecule has 0 saturated carbocycles. The van der Waals surface area contributed by atoms with Crippen molar-refractivity contribution in [2.45, 2.75) is 38.4 Å². The number of esters is 2. The SMILES string of the molecule is CC(=O)OC12CC(=O)OC1Oc1cc(OCc3ccccc3)cc(OCc3ccccc3)c12. The second kappa shape index (κ2) is 8.50. The van der Waals surface area contributed by atoms with Crippen LogP contribution in [0, 0.1) is 0 Å². The van der Waals surface area contributed by atoms with Crippen LogP contribution in [0.5, 0.6) is 17.2 Å². The van der Waals surface area contributed by atoms with Crippen LogP contribution in [0.15, 0.2) is 72.8 Å². The molecule has 1 saturated heterocycles. The highest BCUT2D eigenvalue weighted by molar-refractivity contribution is 5.78. The van der Waals surface area contributed by atoms with Gasteiger partial charge in [0.1, 0.15) is 30.5 Å². The van der Waals surface area contributed by atoms with Crippen molar-refractivity contribution in [2.24, 2.45) is 0 Å². The molecule has 7 heteroatoms. The predicted octanol–water partition coefficient (Wildman–Crippen LogP) is 4.27. The first-order valence-electron chi connectivity index (χ1n) is 10.6. The third kappa shape index (κ3) is 4.09. The number of hydrogen-bond donors (Lipinski definition) is 0. The summed E-state index contributed by atoms with van der Waals surface area (Å²) >= 11 is 0. The molecule has 1 fully saturated rings. The molecule has 5 rings (SSSR count). The van der Waals surface area contributed by atoms with E-state index in [4.69, 9.17) is 23.7 Å². The van der Waals surface area contributed by atoms with Crippen LogP contribution >= 0.6 is 0 Å². The molecule has 0 amide bonds. The van der Waals surface area contributed by atoms with E-state index >= 15 is 0 Å². The minimum atomic E-state index is -1.40. The van der Waals surface area contributed by atoms with Crippen LogP contribution < -0.4 is 14.2 Å². The van der Waals surface area contributed by atoms with Gasteiger partial charge in [-0.05, 0) is 11.1 Å². The Morgan fingerprint density at radius 1 is 0.939 bits per heavy atom. The lowest BCUT2D eigenvalue weighted by molar-refractivity contribution is -0.182. The van der Waals surface area contributed by atoms with E-state index < -0.39 is 23.8 Å². The van der Waals surface area contributed by atoms with Crippen LogP contribution in [0.4, 0.5) is 0 Å². The summed E-state index contributed by atoms with van der Waals surface area (Å²) in [5, 5.41) is 0. The second-order valence-corrected chi connectivity index (χ2v) is 7.94. The molecular weight excluding hydrogens is 424 g/mol. The van der Waals surface area contributed by atoms with E-state index in [1.807, 2.05) is 60.7 Å². The Balaban J connectivity index is 1.51. The molecule has 0 aliphatic carbocycles. The molecule has 33 heavy (non-hydrogen) atoms. The maximum absolute atomic E-state index is 12.1. The fraction of sp³-hybridized carbons (Fsp3) is 0.231. The summed E-state index contributed by atoms with van der Waals surface area (Å²) in [6.07, 6.45) is -1.23. The largest absolute Gasteiger partial charge is 0.489 e. The first-order chi connectivity index (χ1) is 16.0. The lowest BCUT2D eigenvalue weighted by Gasteiger charge is -2.26. The van der Waals surface area contributed by atoms with E-state index in [9.17, 15) is 9.59 Å². The molecule has 3 aromatic rings.